The highest BCUT2D eigenvalue weighted by atomic mass is 32.2. The molecule has 1 heterocycles. The van der Waals surface area contributed by atoms with Crippen LogP contribution in [0.1, 0.15) is 67.8 Å². The molecule has 1 aliphatic rings. The molecule has 0 saturated carbocycles. The molecule has 0 aromatic heterocycles. The fourth-order valence-corrected chi connectivity index (χ4v) is 10.2. The van der Waals surface area contributed by atoms with Crippen molar-refractivity contribution in [2.75, 3.05) is 30.1 Å². The summed E-state index contributed by atoms with van der Waals surface area (Å²) in [5.74, 6) is -0.784. The molecule has 0 fully saturated rings. The van der Waals surface area contributed by atoms with Crippen LogP contribution in [-0.4, -0.2) is 57.3 Å². The number of sulfone groups is 1. The molecule has 62 heavy (non-hydrogen) atoms. The Labute approximate surface area is 368 Å². The molecule has 5 aromatic carbocycles. The number of hydrogen-bond acceptors (Lipinski definition) is 9. The molecule has 5 aromatic rings. The number of ether oxygens (including phenoxy) is 2. The summed E-state index contributed by atoms with van der Waals surface area (Å²) in [5, 5.41) is 5.70. The summed E-state index contributed by atoms with van der Waals surface area (Å²) in [4.78, 5) is 46.3. The number of nitrogens with zero attached hydrogens (tertiary/aromatic N) is 2. The van der Waals surface area contributed by atoms with Gasteiger partial charge in [-0.25, -0.2) is 13.2 Å². The van der Waals surface area contributed by atoms with E-state index >= 15 is 0 Å². The van der Waals surface area contributed by atoms with Gasteiger partial charge in [-0.15, -0.1) is 11.8 Å². The van der Waals surface area contributed by atoms with Gasteiger partial charge in [-0.1, -0.05) is 130 Å². The second-order valence-corrected chi connectivity index (χ2v) is 18.1. The van der Waals surface area contributed by atoms with Gasteiger partial charge in [-0.05, 0) is 54.0 Å². The highest BCUT2D eigenvalue weighted by Gasteiger charge is 2.42. The van der Waals surface area contributed by atoms with Gasteiger partial charge in [0, 0.05) is 35.8 Å². The number of fused-ring (bicyclic) bond motifs is 1. The average molecular weight is 876 g/mol. The van der Waals surface area contributed by atoms with Crippen molar-refractivity contribution in [2.24, 2.45) is 16.1 Å². The Morgan fingerprint density at radius 3 is 2.19 bits per heavy atom. The van der Waals surface area contributed by atoms with Crippen LogP contribution < -0.4 is 26.0 Å². The van der Waals surface area contributed by atoms with E-state index in [9.17, 15) is 22.8 Å². The van der Waals surface area contributed by atoms with E-state index in [1.807, 2.05) is 79.1 Å². The summed E-state index contributed by atoms with van der Waals surface area (Å²) in [6.45, 7) is 4.45. The average Bonchev–Trinajstić information content (AvgIpc) is 3.39. The SMILES string of the molecule is CCCCC1(CC)CN(c2ccccc2)c2cc(SC)c(OCC(=O)N[C@@H](C(=O)NCc3ccc(C(N)=NC(=O)OCc4ccccc4)cc3)c3ccccc3)cc2S(=O)(=O)C1. The summed E-state index contributed by atoms with van der Waals surface area (Å²) in [6.07, 6.45) is 4.42. The second kappa shape index (κ2) is 21.1. The maximum atomic E-state index is 14.3. The standard InChI is InChI=1S/C48H53N5O7S2/c1-4-6-26-48(5-2)32-53(38-20-14-9-15-21-38)39-27-41(61-3)40(28-42(39)62(57,58)33-48)59-31-43(54)51-44(36-18-12-8-13-19-36)46(55)50-29-34-22-24-37(25-23-34)45(49)52-47(56)60-30-35-16-10-7-11-17-35/h7-25,27-28,44H,4-6,26,29-33H2,1-3H3,(H,50,55)(H,51,54)(H2,49,52,56)/t44-,48?/m1/s1. The van der Waals surface area contributed by atoms with Crippen LogP contribution in [-0.2, 0) is 37.3 Å². The Hall–Kier alpha value is -6.12. The summed E-state index contributed by atoms with van der Waals surface area (Å²) in [6, 6.07) is 37.1. The van der Waals surface area contributed by atoms with E-state index in [1.165, 1.54) is 11.8 Å². The minimum atomic E-state index is -3.79. The van der Waals surface area contributed by atoms with Crippen LogP contribution in [0.2, 0.25) is 0 Å². The number of unbranched alkanes of at least 4 members (excludes halogenated alkanes) is 1. The van der Waals surface area contributed by atoms with Gasteiger partial charge in [0.1, 0.15) is 24.2 Å². The van der Waals surface area contributed by atoms with E-state index in [-0.39, 0.29) is 35.4 Å². The number of amidine groups is 1. The summed E-state index contributed by atoms with van der Waals surface area (Å²) in [7, 11) is -3.79. The zero-order valence-corrected chi connectivity index (χ0v) is 36.8. The number of carbonyl (C=O) groups excluding carboxylic acids is 3. The molecule has 0 radical (unpaired) electrons. The Bertz CT molecular complexity index is 2450. The summed E-state index contributed by atoms with van der Waals surface area (Å²) in [5.41, 5.74) is 9.69. The molecule has 6 rings (SSSR count). The Morgan fingerprint density at radius 1 is 0.887 bits per heavy atom. The van der Waals surface area contributed by atoms with Gasteiger partial charge >= 0.3 is 6.09 Å². The molecule has 0 saturated heterocycles. The number of amides is 3. The maximum absolute atomic E-state index is 14.3. The third kappa shape index (κ3) is 11.6. The number of anilines is 2. The lowest BCUT2D eigenvalue weighted by Crippen LogP contribution is -2.41. The third-order valence-electron chi connectivity index (χ3n) is 10.9. The van der Waals surface area contributed by atoms with Crippen LogP contribution >= 0.6 is 11.8 Å². The quantitative estimate of drug-likeness (QED) is 0.0468. The van der Waals surface area contributed by atoms with Crippen molar-refractivity contribution < 1.29 is 32.3 Å². The van der Waals surface area contributed by atoms with E-state index in [4.69, 9.17) is 15.2 Å². The number of carbonyl (C=O) groups is 3. The van der Waals surface area contributed by atoms with Crippen LogP contribution in [0.15, 0.2) is 142 Å². The normalized spacial score (nSPS) is 16.3. The Balaban J connectivity index is 1.14. The van der Waals surface area contributed by atoms with Crippen molar-refractivity contribution in [2.45, 2.75) is 68.5 Å². The largest absolute Gasteiger partial charge is 0.483 e. The first-order valence-electron chi connectivity index (χ1n) is 20.6. The lowest BCUT2D eigenvalue weighted by atomic mass is 9.81. The van der Waals surface area contributed by atoms with Crippen molar-refractivity contribution in [3.05, 3.63) is 150 Å². The number of para-hydroxylation sites is 1. The number of rotatable bonds is 17. The number of nitrogens with two attached hydrogens (primary N) is 1. The van der Waals surface area contributed by atoms with Gasteiger partial charge < -0.3 is 30.7 Å². The first kappa shape index (κ1) is 45.4. The number of aliphatic imine (C=N–C) groups is 1. The Kier molecular flexibility index (Phi) is 15.5. The van der Waals surface area contributed by atoms with Gasteiger partial charge in [0.05, 0.1) is 21.2 Å². The molecule has 0 bridgehead atoms. The topological polar surface area (TPSA) is 169 Å². The fourth-order valence-electron chi connectivity index (χ4n) is 7.43. The first-order chi connectivity index (χ1) is 29.9. The van der Waals surface area contributed by atoms with Gasteiger partial charge in [-0.3, -0.25) is 9.59 Å². The highest BCUT2D eigenvalue weighted by Crippen LogP contribution is 2.47. The van der Waals surface area contributed by atoms with E-state index in [0.29, 0.717) is 34.7 Å². The van der Waals surface area contributed by atoms with Crippen molar-refractivity contribution in [3.8, 4) is 5.75 Å². The van der Waals surface area contributed by atoms with Gasteiger partial charge in [0.2, 0.25) is 5.91 Å². The lowest BCUT2D eigenvalue weighted by Gasteiger charge is -2.36. The van der Waals surface area contributed by atoms with E-state index in [1.54, 1.807) is 54.6 Å². The minimum Gasteiger partial charge on any atom is -0.483 e. The van der Waals surface area contributed by atoms with Crippen LogP contribution in [0.25, 0.3) is 0 Å². The molecule has 1 aliphatic heterocycles. The molecule has 1 unspecified atom stereocenters. The lowest BCUT2D eigenvalue weighted by molar-refractivity contribution is -0.130. The molecular weight excluding hydrogens is 823 g/mol. The molecule has 4 N–H and O–H groups in total. The number of benzene rings is 5. The predicted molar refractivity (Wildman–Crippen MR) is 244 cm³/mol. The van der Waals surface area contributed by atoms with Crippen molar-refractivity contribution in [1.82, 2.24) is 10.6 Å². The Morgan fingerprint density at radius 2 is 1.55 bits per heavy atom. The second-order valence-electron chi connectivity index (χ2n) is 15.3. The first-order valence-corrected chi connectivity index (χ1v) is 23.5. The number of hydrogen-bond donors (Lipinski definition) is 3. The zero-order chi connectivity index (χ0) is 44.1. The van der Waals surface area contributed by atoms with Crippen molar-refractivity contribution in [3.63, 3.8) is 0 Å². The van der Waals surface area contributed by atoms with Gasteiger partial charge in [0.15, 0.2) is 16.4 Å². The van der Waals surface area contributed by atoms with Gasteiger partial charge in [-0.2, -0.15) is 4.99 Å². The van der Waals surface area contributed by atoms with Crippen LogP contribution in [0.5, 0.6) is 5.75 Å². The molecule has 0 spiro atoms. The zero-order valence-electron chi connectivity index (χ0n) is 35.2. The van der Waals surface area contributed by atoms with Crippen LogP contribution in [0.3, 0.4) is 0 Å². The smallest absolute Gasteiger partial charge is 0.435 e. The highest BCUT2D eigenvalue weighted by molar-refractivity contribution is 7.98. The molecule has 324 valence electrons. The molecule has 14 heteroatoms. The summed E-state index contributed by atoms with van der Waals surface area (Å²) >= 11 is 1.39. The predicted octanol–water partition coefficient (Wildman–Crippen LogP) is 8.52. The molecule has 3 amide bonds. The third-order valence-corrected chi connectivity index (χ3v) is 13.7. The monoisotopic (exact) mass is 875 g/mol. The molecule has 12 nitrogen and oxygen atoms in total. The number of thioether (sulfide) groups is 1. The molecule has 2 atom stereocenters. The molecule has 0 aliphatic carbocycles. The maximum Gasteiger partial charge on any atom is 0.435 e. The summed E-state index contributed by atoms with van der Waals surface area (Å²) < 4.78 is 40.0. The van der Waals surface area contributed by atoms with E-state index < -0.39 is 45.8 Å². The fraction of sp³-hybridized carbons (Fsp3) is 0.292. The van der Waals surface area contributed by atoms with Gasteiger partial charge in [0.25, 0.3) is 5.91 Å². The van der Waals surface area contributed by atoms with Crippen LogP contribution in [0, 0.1) is 5.41 Å². The van der Waals surface area contributed by atoms with Crippen LogP contribution in [0.4, 0.5) is 16.2 Å². The van der Waals surface area contributed by atoms with E-state index in [2.05, 4.69) is 34.4 Å². The number of nitrogens with one attached hydrogen (secondary N) is 2. The van der Waals surface area contributed by atoms with Crippen molar-refractivity contribution >= 4 is 56.7 Å². The molecular formula is C48H53N5O7S2. The van der Waals surface area contributed by atoms with Crippen molar-refractivity contribution in [1.29, 1.82) is 0 Å². The minimum absolute atomic E-state index is 0.00227. The van der Waals surface area contributed by atoms with E-state index in [0.717, 1.165) is 36.1 Å².